The van der Waals surface area contributed by atoms with E-state index in [1.54, 1.807) is 6.92 Å². The summed E-state index contributed by atoms with van der Waals surface area (Å²) < 4.78 is 36.1. The van der Waals surface area contributed by atoms with Gasteiger partial charge >= 0.3 is 6.18 Å². The average molecular weight is 309 g/mol. The maximum Gasteiger partial charge on any atom is 0.389 e. The van der Waals surface area contributed by atoms with Gasteiger partial charge in [0.05, 0.1) is 10.7 Å². The van der Waals surface area contributed by atoms with Gasteiger partial charge in [0, 0.05) is 18.0 Å². The lowest BCUT2D eigenvalue weighted by atomic mass is 10.1. The smallest absolute Gasteiger partial charge is 0.381 e. The Balaban J connectivity index is 2.59. The minimum absolute atomic E-state index is 0.0325. The Labute approximate surface area is 120 Å². The van der Waals surface area contributed by atoms with Crippen LogP contribution < -0.4 is 11.1 Å². The van der Waals surface area contributed by atoms with Gasteiger partial charge in [0.2, 0.25) is 5.91 Å². The fourth-order valence-corrected chi connectivity index (χ4v) is 1.91. The number of anilines is 1. The standard InChI is InChI=1S/C13H16ClF3N2O/c1-8(3-2-6-13(15,16)17)19-11-7-9(12(18)20)4-5-10(11)14/h4-5,7-8,19H,2-3,6H2,1H3,(H2,18,20). The van der Waals surface area contributed by atoms with Crippen LogP contribution in [0.2, 0.25) is 5.02 Å². The number of carbonyl (C=O) groups excluding carboxylic acids is 1. The quantitative estimate of drug-likeness (QED) is 0.835. The number of primary amides is 1. The van der Waals surface area contributed by atoms with Gasteiger partial charge in [-0.15, -0.1) is 0 Å². The number of nitrogens with two attached hydrogens (primary N) is 1. The molecule has 1 unspecified atom stereocenters. The van der Waals surface area contributed by atoms with Gasteiger partial charge in [0.1, 0.15) is 0 Å². The molecular weight excluding hydrogens is 293 g/mol. The van der Waals surface area contributed by atoms with Crippen molar-refractivity contribution >= 4 is 23.2 Å². The highest BCUT2D eigenvalue weighted by molar-refractivity contribution is 6.33. The van der Waals surface area contributed by atoms with Crippen molar-refractivity contribution in [3.05, 3.63) is 28.8 Å². The van der Waals surface area contributed by atoms with E-state index in [1.165, 1.54) is 18.2 Å². The Morgan fingerprint density at radius 1 is 1.45 bits per heavy atom. The van der Waals surface area contributed by atoms with Crippen molar-refractivity contribution in [1.82, 2.24) is 0 Å². The van der Waals surface area contributed by atoms with Crippen LogP contribution in [0, 0.1) is 0 Å². The van der Waals surface area contributed by atoms with Crippen molar-refractivity contribution in [2.45, 2.75) is 38.4 Å². The number of rotatable bonds is 6. The number of nitrogens with one attached hydrogen (secondary N) is 1. The van der Waals surface area contributed by atoms with Gasteiger partial charge in [-0.3, -0.25) is 4.79 Å². The van der Waals surface area contributed by atoms with Crippen molar-refractivity contribution in [2.24, 2.45) is 5.73 Å². The van der Waals surface area contributed by atoms with E-state index >= 15 is 0 Å². The van der Waals surface area contributed by atoms with Gasteiger partial charge in [0.25, 0.3) is 0 Å². The summed E-state index contributed by atoms with van der Waals surface area (Å²) in [4.78, 5) is 11.1. The van der Waals surface area contributed by atoms with Crippen LogP contribution in [0.25, 0.3) is 0 Å². The molecule has 0 bridgehead atoms. The molecule has 1 aromatic rings. The van der Waals surface area contributed by atoms with Gasteiger partial charge in [-0.1, -0.05) is 11.6 Å². The van der Waals surface area contributed by atoms with Crippen LogP contribution >= 0.6 is 11.6 Å². The molecule has 20 heavy (non-hydrogen) atoms. The molecule has 7 heteroatoms. The fraction of sp³-hybridized carbons (Fsp3) is 0.462. The molecule has 0 aliphatic carbocycles. The normalized spacial score (nSPS) is 13.1. The molecule has 0 aliphatic rings. The molecule has 0 aliphatic heterocycles. The first kappa shape index (κ1) is 16.6. The Kier molecular flexibility index (Phi) is 5.68. The third-order valence-electron chi connectivity index (χ3n) is 2.75. The number of carbonyl (C=O) groups is 1. The summed E-state index contributed by atoms with van der Waals surface area (Å²) in [6.45, 7) is 1.75. The molecule has 0 radical (unpaired) electrons. The zero-order chi connectivity index (χ0) is 15.3. The number of amides is 1. The van der Waals surface area contributed by atoms with Crippen LogP contribution in [-0.2, 0) is 0 Å². The highest BCUT2D eigenvalue weighted by Crippen LogP contribution is 2.26. The van der Waals surface area contributed by atoms with Gasteiger partial charge in [0.15, 0.2) is 0 Å². The summed E-state index contributed by atoms with van der Waals surface area (Å²) >= 11 is 5.96. The molecule has 1 rings (SSSR count). The number of hydrogen-bond acceptors (Lipinski definition) is 2. The van der Waals surface area contributed by atoms with Crippen molar-refractivity contribution in [2.75, 3.05) is 5.32 Å². The van der Waals surface area contributed by atoms with Crippen LogP contribution in [0.5, 0.6) is 0 Å². The Morgan fingerprint density at radius 3 is 2.65 bits per heavy atom. The molecule has 1 aromatic carbocycles. The van der Waals surface area contributed by atoms with E-state index in [0.717, 1.165) is 0 Å². The van der Waals surface area contributed by atoms with E-state index in [4.69, 9.17) is 17.3 Å². The second kappa shape index (κ2) is 6.83. The second-order valence-electron chi connectivity index (χ2n) is 4.61. The van der Waals surface area contributed by atoms with Crippen molar-refractivity contribution < 1.29 is 18.0 Å². The first-order valence-electron chi connectivity index (χ1n) is 6.11. The van der Waals surface area contributed by atoms with Crippen LogP contribution in [0.15, 0.2) is 18.2 Å². The average Bonchev–Trinajstić information content (AvgIpc) is 2.30. The summed E-state index contributed by atoms with van der Waals surface area (Å²) in [5, 5.41) is 3.37. The largest absolute Gasteiger partial charge is 0.389 e. The van der Waals surface area contributed by atoms with Crippen molar-refractivity contribution in [3.63, 3.8) is 0 Å². The first-order valence-corrected chi connectivity index (χ1v) is 6.49. The minimum atomic E-state index is -4.14. The molecular formula is C13H16ClF3N2O. The number of halogens is 4. The lowest BCUT2D eigenvalue weighted by Gasteiger charge is -2.17. The topological polar surface area (TPSA) is 55.1 Å². The van der Waals surface area contributed by atoms with E-state index in [0.29, 0.717) is 22.7 Å². The maximum atomic E-state index is 12.0. The molecule has 0 heterocycles. The van der Waals surface area contributed by atoms with E-state index in [2.05, 4.69) is 5.32 Å². The SMILES string of the molecule is CC(CCCC(F)(F)F)Nc1cc(C(N)=O)ccc1Cl. The van der Waals surface area contributed by atoms with Crippen LogP contribution in [0.1, 0.15) is 36.5 Å². The van der Waals surface area contributed by atoms with Gasteiger partial charge < -0.3 is 11.1 Å². The molecule has 0 aromatic heterocycles. The highest BCUT2D eigenvalue weighted by atomic mass is 35.5. The predicted octanol–water partition coefficient (Wildman–Crippen LogP) is 3.97. The van der Waals surface area contributed by atoms with Gasteiger partial charge in [-0.2, -0.15) is 13.2 Å². The van der Waals surface area contributed by atoms with Gasteiger partial charge in [-0.25, -0.2) is 0 Å². The van der Waals surface area contributed by atoms with Crippen molar-refractivity contribution in [1.29, 1.82) is 0 Å². The van der Waals surface area contributed by atoms with Crippen LogP contribution in [0.4, 0.5) is 18.9 Å². The summed E-state index contributed by atoms with van der Waals surface area (Å²) in [5.41, 5.74) is 5.94. The van der Waals surface area contributed by atoms with E-state index in [9.17, 15) is 18.0 Å². The van der Waals surface area contributed by atoms with Crippen LogP contribution in [-0.4, -0.2) is 18.1 Å². The number of benzene rings is 1. The van der Waals surface area contributed by atoms with E-state index in [1.807, 2.05) is 0 Å². The maximum absolute atomic E-state index is 12.0. The van der Waals surface area contributed by atoms with E-state index < -0.39 is 18.5 Å². The lowest BCUT2D eigenvalue weighted by molar-refractivity contribution is -0.135. The molecule has 1 atom stereocenters. The highest BCUT2D eigenvalue weighted by Gasteiger charge is 2.26. The molecule has 0 spiro atoms. The fourth-order valence-electron chi connectivity index (χ4n) is 1.74. The number of alkyl halides is 3. The molecule has 112 valence electrons. The summed E-state index contributed by atoms with van der Waals surface area (Å²) in [5.74, 6) is -0.588. The number of hydrogen-bond donors (Lipinski definition) is 2. The summed E-state index contributed by atoms with van der Waals surface area (Å²) in [6.07, 6.45) is -4.57. The Morgan fingerprint density at radius 2 is 2.10 bits per heavy atom. The van der Waals surface area contributed by atoms with Crippen molar-refractivity contribution in [3.8, 4) is 0 Å². The minimum Gasteiger partial charge on any atom is -0.381 e. The molecule has 0 fully saturated rings. The predicted molar refractivity (Wildman–Crippen MR) is 73.0 cm³/mol. The zero-order valence-corrected chi connectivity index (χ0v) is 11.7. The van der Waals surface area contributed by atoms with E-state index in [-0.39, 0.29) is 12.5 Å². The summed E-state index contributed by atoms with van der Waals surface area (Å²) in [7, 11) is 0. The third-order valence-corrected chi connectivity index (χ3v) is 3.08. The Bertz CT molecular complexity index is 477. The molecule has 0 saturated heterocycles. The summed E-state index contributed by atoms with van der Waals surface area (Å²) in [6, 6.07) is 4.31. The monoisotopic (exact) mass is 308 g/mol. The molecule has 3 N–H and O–H groups in total. The molecule has 3 nitrogen and oxygen atoms in total. The molecule has 0 saturated carbocycles. The third kappa shape index (κ3) is 5.69. The first-order chi connectivity index (χ1) is 9.19. The van der Waals surface area contributed by atoms with Gasteiger partial charge in [-0.05, 0) is 38.0 Å². The lowest BCUT2D eigenvalue weighted by Crippen LogP contribution is -2.18. The van der Waals surface area contributed by atoms with Crippen LogP contribution in [0.3, 0.4) is 0 Å². The zero-order valence-electron chi connectivity index (χ0n) is 10.9. The second-order valence-corrected chi connectivity index (χ2v) is 5.02. The Hall–Kier alpha value is -1.43. The molecule has 1 amide bonds.